The third kappa shape index (κ3) is 4.52. The standard InChI is InChI=1S/C16H14BrN5O2S/c17-11-3-1-4-12(9-11)21-16-14(22(23)24)15(19-10-20-16)18-7-6-13-5-2-8-25-13/h1-5,8-10H,6-7H2,(H2,18,19,20,21). The maximum Gasteiger partial charge on any atom is 0.353 e. The minimum atomic E-state index is -0.478. The summed E-state index contributed by atoms with van der Waals surface area (Å²) >= 11 is 5.02. The van der Waals surface area contributed by atoms with E-state index in [9.17, 15) is 10.1 Å². The lowest BCUT2D eigenvalue weighted by Crippen LogP contribution is -2.10. The number of thiophene rings is 1. The predicted octanol–water partition coefficient (Wildman–Crippen LogP) is 4.61. The Balaban J connectivity index is 1.80. The predicted molar refractivity (Wildman–Crippen MR) is 103 cm³/mol. The zero-order valence-corrected chi connectivity index (χ0v) is 15.4. The highest BCUT2D eigenvalue weighted by Gasteiger charge is 2.23. The first-order chi connectivity index (χ1) is 12.1. The summed E-state index contributed by atoms with van der Waals surface area (Å²) in [6, 6.07) is 11.3. The summed E-state index contributed by atoms with van der Waals surface area (Å²) in [6.07, 6.45) is 2.08. The Hall–Kier alpha value is -2.52. The quantitative estimate of drug-likeness (QED) is 0.429. The Morgan fingerprint density at radius 3 is 2.76 bits per heavy atom. The number of anilines is 3. The number of nitrogens with zero attached hydrogens (tertiary/aromatic N) is 3. The third-order valence-electron chi connectivity index (χ3n) is 3.34. The zero-order chi connectivity index (χ0) is 17.6. The summed E-state index contributed by atoms with van der Waals surface area (Å²) in [5.41, 5.74) is 0.523. The molecule has 0 radical (unpaired) electrons. The molecule has 0 saturated carbocycles. The van der Waals surface area contributed by atoms with Crippen LogP contribution >= 0.6 is 27.3 Å². The first-order valence-corrected chi connectivity index (χ1v) is 9.09. The molecule has 0 amide bonds. The van der Waals surface area contributed by atoms with Crippen molar-refractivity contribution >= 4 is 50.3 Å². The Kier molecular flexibility index (Phi) is 5.56. The van der Waals surface area contributed by atoms with Crippen LogP contribution in [0.2, 0.25) is 0 Å². The Morgan fingerprint density at radius 1 is 1.20 bits per heavy atom. The van der Waals surface area contributed by atoms with Gasteiger partial charge < -0.3 is 10.6 Å². The Morgan fingerprint density at radius 2 is 2.04 bits per heavy atom. The van der Waals surface area contributed by atoms with Crippen molar-refractivity contribution < 1.29 is 4.92 Å². The lowest BCUT2D eigenvalue weighted by Gasteiger charge is -2.10. The molecule has 0 saturated heterocycles. The van der Waals surface area contributed by atoms with E-state index in [4.69, 9.17) is 0 Å². The van der Waals surface area contributed by atoms with Crippen LogP contribution in [0.3, 0.4) is 0 Å². The molecule has 0 spiro atoms. The summed E-state index contributed by atoms with van der Waals surface area (Å²) in [7, 11) is 0. The van der Waals surface area contributed by atoms with E-state index in [0.717, 1.165) is 10.9 Å². The maximum atomic E-state index is 11.5. The third-order valence-corrected chi connectivity index (χ3v) is 4.77. The van der Waals surface area contributed by atoms with Gasteiger partial charge in [-0.3, -0.25) is 10.1 Å². The van der Waals surface area contributed by atoms with E-state index in [2.05, 4.69) is 36.5 Å². The van der Waals surface area contributed by atoms with Gasteiger partial charge in [-0.05, 0) is 36.1 Å². The van der Waals surface area contributed by atoms with Crippen LogP contribution in [0.5, 0.6) is 0 Å². The molecule has 0 unspecified atom stereocenters. The number of aromatic nitrogens is 2. The smallest absolute Gasteiger partial charge is 0.353 e. The van der Waals surface area contributed by atoms with Crippen LogP contribution in [0.15, 0.2) is 52.6 Å². The monoisotopic (exact) mass is 419 g/mol. The van der Waals surface area contributed by atoms with Gasteiger partial charge in [0.05, 0.1) is 4.92 Å². The highest BCUT2D eigenvalue weighted by Crippen LogP contribution is 2.31. The lowest BCUT2D eigenvalue weighted by molar-refractivity contribution is -0.383. The molecule has 2 N–H and O–H groups in total. The van der Waals surface area contributed by atoms with Gasteiger partial charge in [-0.15, -0.1) is 11.3 Å². The van der Waals surface area contributed by atoms with Gasteiger partial charge >= 0.3 is 5.69 Å². The minimum Gasteiger partial charge on any atom is -0.364 e. The lowest BCUT2D eigenvalue weighted by atomic mass is 10.3. The van der Waals surface area contributed by atoms with Crippen molar-refractivity contribution in [2.75, 3.05) is 17.2 Å². The molecule has 0 aliphatic carbocycles. The van der Waals surface area contributed by atoms with E-state index in [1.807, 2.05) is 35.7 Å². The van der Waals surface area contributed by atoms with Crippen LogP contribution in [0.1, 0.15) is 4.88 Å². The molecule has 25 heavy (non-hydrogen) atoms. The fraction of sp³-hybridized carbons (Fsp3) is 0.125. The van der Waals surface area contributed by atoms with E-state index in [-0.39, 0.29) is 17.3 Å². The van der Waals surface area contributed by atoms with Crippen molar-refractivity contribution in [1.82, 2.24) is 9.97 Å². The van der Waals surface area contributed by atoms with Gasteiger partial charge in [0.25, 0.3) is 0 Å². The molecule has 0 atom stereocenters. The number of nitrogens with one attached hydrogen (secondary N) is 2. The van der Waals surface area contributed by atoms with Gasteiger partial charge in [-0.2, -0.15) is 0 Å². The molecular weight excluding hydrogens is 406 g/mol. The first-order valence-electron chi connectivity index (χ1n) is 7.41. The number of hydrogen-bond acceptors (Lipinski definition) is 7. The Labute approximate surface area is 156 Å². The van der Waals surface area contributed by atoms with E-state index in [1.54, 1.807) is 17.4 Å². The SMILES string of the molecule is O=[N+]([O-])c1c(NCCc2cccs2)ncnc1Nc1cccc(Br)c1. The number of hydrogen-bond donors (Lipinski definition) is 2. The zero-order valence-electron chi connectivity index (χ0n) is 13.0. The second kappa shape index (κ2) is 8.04. The van der Waals surface area contributed by atoms with Gasteiger partial charge in [0.15, 0.2) is 0 Å². The number of rotatable bonds is 7. The van der Waals surface area contributed by atoms with Crippen LogP contribution in [-0.2, 0) is 6.42 Å². The first kappa shape index (κ1) is 17.3. The van der Waals surface area contributed by atoms with Gasteiger partial charge in [0.1, 0.15) is 6.33 Å². The van der Waals surface area contributed by atoms with E-state index >= 15 is 0 Å². The molecule has 0 fully saturated rings. The highest BCUT2D eigenvalue weighted by atomic mass is 79.9. The van der Waals surface area contributed by atoms with Gasteiger partial charge in [-0.25, -0.2) is 9.97 Å². The minimum absolute atomic E-state index is 0.150. The van der Waals surface area contributed by atoms with Crippen molar-refractivity contribution in [3.63, 3.8) is 0 Å². The van der Waals surface area contributed by atoms with Gasteiger partial charge in [0.2, 0.25) is 11.6 Å². The molecule has 1 aromatic carbocycles. The summed E-state index contributed by atoms with van der Waals surface area (Å²) in [5.74, 6) is 0.353. The van der Waals surface area contributed by atoms with Crippen LogP contribution in [0, 0.1) is 10.1 Å². The molecule has 2 aromatic heterocycles. The van der Waals surface area contributed by atoms with E-state index < -0.39 is 4.92 Å². The summed E-state index contributed by atoms with van der Waals surface area (Å²) in [5, 5.41) is 19.5. The number of benzene rings is 1. The molecular formula is C16H14BrN5O2S. The van der Waals surface area contributed by atoms with Gasteiger partial charge in [0, 0.05) is 21.6 Å². The van der Waals surface area contributed by atoms with Crippen molar-refractivity contribution in [3.05, 3.63) is 67.6 Å². The Bertz CT molecular complexity index is 873. The van der Waals surface area contributed by atoms with E-state index in [1.165, 1.54) is 11.2 Å². The fourth-order valence-electron chi connectivity index (χ4n) is 2.23. The molecule has 3 aromatic rings. The molecule has 3 rings (SSSR count). The average molecular weight is 420 g/mol. The number of halogens is 1. The van der Waals surface area contributed by atoms with Crippen molar-refractivity contribution in [2.45, 2.75) is 6.42 Å². The fourth-order valence-corrected chi connectivity index (χ4v) is 3.34. The summed E-state index contributed by atoms with van der Waals surface area (Å²) < 4.78 is 0.864. The second-order valence-corrected chi connectivity index (χ2v) is 7.02. The highest BCUT2D eigenvalue weighted by molar-refractivity contribution is 9.10. The van der Waals surface area contributed by atoms with Crippen LogP contribution < -0.4 is 10.6 Å². The summed E-state index contributed by atoms with van der Waals surface area (Å²) in [6.45, 7) is 0.550. The molecule has 0 bridgehead atoms. The number of nitro groups is 1. The molecule has 2 heterocycles. The summed E-state index contributed by atoms with van der Waals surface area (Å²) in [4.78, 5) is 20.3. The van der Waals surface area contributed by atoms with Crippen LogP contribution in [-0.4, -0.2) is 21.4 Å². The second-order valence-electron chi connectivity index (χ2n) is 5.07. The molecule has 7 nitrogen and oxygen atoms in total. The van der Waals surface area contributed by atoms with Crippen molar-refractivity contribution in [1.29, 1.82) is 0 Å². The van der Waals surface area contributed by atoms with E-state index in [0.29, 0.717) is 12.2 Å². The maximum absolute atomic E-state index is 11.5. The van der Waals surface area contributed by atoms with Crippen LogP contribution in [0.25, 0.3) is 0 Å². The van der Waals surface area contributed by atoms with Crippen molar-refractivity contribution in [2.24, 2.45) is 0 Å². The van der Waals surface area contributed by atoms with Crippen molar-refractivity contribution in [3.8, 4) is 0 Å². The molecule has 128 valence electrons. The van der Waals surface area contributed by atoms with Crippen LogP contribution in [0.4, 0.5) is 23.0 Å². The molecule has 0 aliphatic rings. The normalized spacial score (nSPS) is 10.4. The largest absolute Gasteiger partial charge is 0.364 e. The van der Waals surface area contributed by atoms with Gasteiger partial charge in [-0.1, -0.05) is 28.1 Å². The molecule has 9 heteroatoms. The molecule has 0 aliphatic heterocycles. The average Bonchev–Trinajstić information content (AvgIpc) is 3.08. The topological polar surface area (TPSA) is 93.0 Å².